The van der Waals surface area contributed by atoms with Gasteiger partial charge in [-0.2, -0.15) is 0 Å². The first kappa shape index (κ1) is 38.9. The summed E-state index contributed by atoms with van der Waals surface area (Å²) in [5, 5.41) is 0. The van der Waals surface area contributed by atoms with Gasteiger partial charge in [0.2, 0.25) is 0 Å². The fourth-order valence-corrected chi connectivity index (χ4v) is 10.9. The zero-order valence-corrected chi connectivity index (χ0v) is 34.3. The quantitative estimate of drug-likeness (QED) is 0.129. The van der Waals surface area contributed by atoms with Crippen LogP contribution in [0.15, 0.2) is 231 Å². The van der Waals surface area contributed by atoms with Crippen molar-refractivity contribution in [3.63, 3.8) is 0 Å². The molecule has 8 atom stereocenters. The van der Waals surface area contributed by atoms with Crippen molar-refractivity contribution in [2.24, 2.45) is 0 Å². The van der Waals surface area contributed by atoms with Gasteiger partial charge in [0.25, 0.3) is 0 Å². The van der Waals surface area contributed by atoms with Gasteiger partial charge in [-0.15, -0.1) is 0 Å². The van der Waals surface area contributed by atoms with Gasteiger partial charge in [0.05, 0.1) is 23.7 Å². The Hall–Kier alpha value is -7.23. The second kappa shape index (κ2) is 17.0. The van der Waals surface area contributed by atoms with Crippen LogP contribution in [0.3, 0.4) is 0 Å². The van der Waals surface area contributed by atoms with Crippen LogP contribution in [-0.2, 0) is 9.59 Å². The maximum atomic E-state index is 14.8. The number of ketones is 3. The summed E-state index contributed by atoms with van der Waals surface area (Å²) in [6.07, 6.45) is 0. The highest BCUT2D eigenvalue weighted by molar-refractivity contribution is 6.09. The molecule has 8 aromatic rings. The molecule has 0 saturated heterocycles. The van der Waals surface area contributed by atoms with Crippen molar-refractivity contribution in [2.75, 3.05) is 0 Å². The van der Waals surface area contributed by atoms with Crippen molar-refractivity contribution < 1.29 is 14.4 Å². The molecule has 2 fully saturated rings. The fraction of sp³-hybridized carbons (Fsp3) is 0.136. The average Bonchev–Trinajstić information content (AvgIpc) is 3.83. The van der Waals surface area contributed by atoms with Gasteiger partial charge in [0.15, 0.2) is 5.78 Å². The number of hydrogen-bond acceptors (Lipinski definition) is 3. The van der Waals surface area contributed by atoms with E-state index in [0.29, 0.717) is 11.1 Å². The summed E-state index contributed by atoms with van der Waals surface area (Å²) in [7, 11) is 0. The van der Waals surface area contributed by atoms with Crippen molar-refractivity contribution in [1.82, 2.24) is 0 Å². The zero-order chi connectivity index (χ0) is 42.0. The molecule has 8 unspecified atom stereocenters. The van der Waals surface area contributed by atoms with Crippen LogP contribution in [-0.4, -0.2) is 17.3 Å². The summed E-state index contributed by atoms with van der Waals surface area (Å²) < 4.78 is 0. The molecule has 2 saturated carbocycles. The van der Waals surface area contributed by atoms with E-state index in [4.69, 9.17) is 0 Å². The number of benzene rings is 8. The largest absolute Gasteiger partial charge is 0.298 e. The molecule has 300 valence electrons. The van der Waals surface area contributed by atoms with Gasteiger partial charge in [0, 0.05) is 34.8 Å². The molecule has 3 nitrogen and oxygen atoms in total. The number of carbonyl (C=O) groups is 3. The molecule has 0 aromatic heterocycles. The number of rotatable bonds is 10. The van der Waals surface area contributed by atoms with Crippen molar-refractivity contribution >= 4 is 17.3 Å². The topological polar surface area (TPSA) is 51.2 Å². The molecule has 0 radical (unpaired) electrons. The zero-order valence-electron chi connectivity index (χ0n) is 34.3. The smallest absolute Gasteiger partial charge is 0.193 e. The van der Waals surface area contributed by atoms with E-state index >= 15 is 0 Å². The van der Waals surface area contributed by atoms with E-state index in [1.165, 1.54) is 0 Å². The van der Waals surface area contributed by atoms with E-state index < -0.39 is 0 Å². The summed E-state index contributed by atoms with van der Waals surface area (Å²) in [4.78, 5) is 43.9. The van der Waals surface area contributed by atoms with Gasteiger partial charge < -0.3 is 0 Å². The highest BCUT2D eigenvalue weighted by Gasteiger charge is 2.53. The summed E-state index contributed by atoms with van der Waals surface area (Å²) >= 11 is 0. The van der Waals surface area contributed by atoms with Gasteiger partial charge in [-0.05, 0) is 44.5 Å². The predicted molar refractivity (Wildman–Crippen MR) is 247 cm³/mol. The molecule has 3 heteroatoms. The lowest BCUT2D eigenvalue weighted by Gasteiger charge is -2.28. The Balaban J connectivity index is 0.999. The van der Waals surface area contributed by atoms with Gasteiger partial charge in [-0.25, -0.2) is 0 Å². The van der Waals surface area contributed by atoms with E-state index in [2.05, 4.69) is 121 Å². The summed E-state index contributed by atoms with van der Waals surface area (Å²) in [5.74, 6) is -1.51. The summed E-state index contributed by atoms with van der Waals surface area (Å²) in [6, 6.07) is 77.4. The van der Waals surface area contributed by atoms with Gasteiger partial charge in [-0.1, -0.05) is 231 Å². The minimum Gasteiger partial charge on any atom is -0.298 e. The van der Waals surface area contributed by atoms with E-state index in [1.807, 2.05) is 109 Å². The Bertz CT molecular complexity index is 2590. The minimum absolute atomic E-state index is 0.0733. The van der Waals surface area contributed by atoms with E-state index in [-0.39, 0.29) is 64.7 Å². The Morgan fingerprint density at radius 3 is 0.661 bits per heavy atom. The summed E-state index contributed by atoms with van der Waals surface area (Å²) in [6.45, 7) is 0. The second-order valence-corrected chi connectivity index (χ2v) is 16.9. The highest BCUT2D eigenvalue weighted by Crippen LogP contribution is 2.60. The summed E-state index contributed by atoms with van der Waals surface area (Å²) in [5.41, 5.74) is 9.54. The van der Waals surface area contributed by atoms with E-state index in [1.54, 1.807) is 0 Å². The lowest BCUT2D eigenvalue weighted by molar-refractivity contribution is -0.120. The average molecular weight is 803 g/mol. The molecular weight excluding hydrogens is 757 g/mol. The monoisotopic (exact) mass is 802 g/mol. The Morgan fingerprint density at radius 2 is 0.435 bits per heavy atom. The third-order valence-electron chi connectivity index (χ3n) is 13.6. The van der Waals surface area contributed by atoms with E-state index in [9.17, 15) is 14.4 Å². The molecule has 10 rings (SSSR count). The van der Waals surface area contributed by atoms with Crippen molar-refractivity contribution in [1.29, 1.82) is 0 Å². The van der Waals surface area contributed by atoms with Crippen LogP contribution in [0.25, 0.3) is 0 Å². The standard InChI is InChI=1S/C59H46O3/c60-57(47-35-31-45(32-36-47)51-49(39-19-7-1-8-20-39)53(41-23-11-3-12-24-41)58(61)55(51)43-27-15-5-16-28-43)48-37-33-46(34-38-48)52-50(40-21-9-2-10-22-40)54(42-25-13-4-14-26-42)59(62)56(52)44-29-17-6-18-30-44/h1-38,49-56H. The molecule has 0 N–H and O–H groups in total. The SMILES string of the molecule is O=C(c1ccc(C2C(c3ccccc3)C(=O)C(c3ccccc3)C2c2ccccc2)cc1)c1ccc(C2C(c3ccccc3)C(=O)C(c3ccccc3)C2c2ccccc2)cc1. The predicted octanol–water partition coefficient (Wildman–Crippen LogP) is 13.0. The first-order valence-corrected chi connectivity index (χ1v) is 21.7. The van der Waals surface area contributed by atoms with Crippen molar-refractivity contribution in [3.05, 3.63) is 286 Å². The van der Waals surface area contributed by atoms with Crippen LogP contribution in [0.2, 0.25) is 0 Å². The lowest BCUT2D eigenvalue weighted by Crippen LogP contribution is -2.15. The first-order valence-electron chi connectivity index (χ1n) is 21.7. The van der Waals surface area contributed by atoms with Crippen LogP contribution in [0.4, 0.5) is 0 Å². The third kappa shape index (κ3) is 7.14. The first-order chi connectivity index (χ1) is 30.6. The molecular formula is C59H46O3. The third-order valence-corrected chi connectivity index (χ3v) is 13.6. The van der Waals surface area contributed by atoms with E-state index in [0.717, 1.165) is 44.5 Å². The molecule has 62 heavy (non-hydrogen) atoms. The van der Waals surface area contributed by atoms with Crippen LogP contribution < -0.4 is 0 Å². The van der Waals surface area contributed by atoms with Crippen LogP contribution in [0, 0.1) is 0 Å². The van der Waals surface area contributed by atoms with Crippen molar-refractivity contribution in [2.45, 2.75) is 47.3 Å². The molecule has 2 aliphatic rings. The molecule has 0 spiro atoms. The molecule has 8 aromatic carbocycles. The van der Waals surface area contributed by atoms with Crippen LogP contribution in [0.5, 0.6) is 0 Å². The van der Waals surface area contributed by atoms with Gasteiger partial charge in [0.1, 0.15) is 11.6 Å². The Morgan fingerprint density at radius 1 is 0.242 bits per heavy atom. The number of hydrogen-bond donors (Lipinski definition) is 0. The van der Waals surface area contributed by atoms with Gasteiger partial charge >= 0.3 is 0 Å². The Labute approximate surface area is 363 Å². The molecule has 0 aliphatic heterocycles. The molecule has 0 bridgehead atoms. The lowest BCUT2D eigenvalue weighted by atomic mass is 9.74. The number of carbonyl (C=O) groups excluding carboxylic acids is 3. The van der Waals surface area contributed by atoms with Crippen molar-refractivity contribution in [3.8, 4) is 0 Å². The Kier molecular flexibility index (Phi) is 10.7. The molecule has 2 aliphatic carbocycles. The van der Waals surface area contributed by atoms with Crippen LogP contribution >= 0.6 is 0 Å². The number of Topliss-reactive ketones (excluding diaryl/α,β-unsaturated/α-hetero) is 2. The maximum absolute atomic E-state index is 14.8. The van der Waals surface area contributed by atoms with Crippen LogP contribution in [0.1, 0.15) is 108 Å². The molecule has 0 heterocycles. The minimum atomic E-state index is -0.357. The maximum Gasteiger partial charge on any atom is 0.193 e. The van der Waals surface area contributed by atoms with Gasteiger partial charge in [-0.3, -0.25) is 14.4 Å². The fourth-order valence-electron chi connectivity index (χ4n) is 10.9. The molecule has 0 amide bonds. The highest BCUT2D eigenvalue weighted by atomic mass is 16.1. The normalized spacial score (nSPS) is 23.3. The second-order valence-electron chi connectivity index (χ2n) is 16.9.